The summed E-state index contributed by atoms with van der Waals surface area (Å²) in [5.41, 5.74) is 3.79. The quantitative estimate of drug-likeness (QED) is 0.746. The molecule has 0 N–H and O–H groups in total. The number of benzene rings is 2. The van der Waals surface area contributed by atoms with Crippen LogP contribution in [0.3, 0.4) is 0 Å². The Morgan fingerprint density at radius 1 is 1.20 bits per heavy atom. The van der Waals surface area contributed by atoms with Gasteiger partial charge >= 0.3 is 0 Å². The molecule has 2 aliphatic heterocycles. The van der Waals surface area contributed by atoms with Gasteiger partial charge in [-0.15, -0.1) is 0 Å². The molecule has 2 aromatic carbocycles. The van der Waals surface area contributed by atoms with Gasteiger partial charge in [-0.05, 0) is 42.0 Å². The van der Waals surface area contributed by atoms with Crippen molar-refractivity contribution in [2.45, 2.75) is 12.3 Å². The second kappa shape index (κ2) is 8.33. The van der Waals surface area contributed by atoms with Crippen LogP contribution in [0.25, 0.3) is 0 Å². The fraction of sp³-hybridized carbons (Fsp3) is 0.304. The number of amides is 1. The van der Waals surface area contributed by atoms with Crippen molar-refractivity contribution in [3.63, 3.8) is 0 Å². The van der Waals surface area contributed by atoms with Gasteiger partial charge in [0.1, 0.15) is 5.75 Å². The number of fused-ring (bicyclic) bond motifs is 1. The molecule has 0 saturated carbocycles. The number of carbonyl (C=O) groups is 1. The van der Waals surface area contributed by atoms with Gasteiger partial charge in [0, 0.05) is 37.8 Å². The standard InChI is InChI=1S/C23H24N4O2S/c1-25(2)17-7-9-18(10-8-17)26-14-27-22(28)12-20(21(13-24)23(27)30-15-26)16-5-4-6-19(11-16)29-3/h4-11,20H,12,14-15H2,1-3H3/t20-/m0/s1. The molecular formula is C23H24N4O2S. The first-order chi connectivity index (χ1) is 14.5. The zero-order chi connectivity index (χ0) is 21.3. The summed E-state index contributed by atoms with van der Waals surface area (Å²) >= 11 is 1.55. The van der Waals surface area contributed by atoms with E-state index in [1.165, 1.54) is 0 Å². The molecule has 7 heteroatoms. The highest BCUT2D eigenvalue weighted by molar-refractivity contribution is 8.03. The van der Waals surface area contributed by atoms with Crippen molar-refractivity contribution in [3.8, 4) is 11.8 Å². The fourth-order valence-corrected chi connectivity index (χ4v) is 5.00. The molecule has 4 rings (SSSR count). The summed E-state index contributed by atoms with van der Waals surface area (Å²) in [6, 6.07) is 18.3. The summed E-state index contributed by atoms with van der Waals surface area (Å²) in [5.74, 6) is 1.23. The molecule has 154 valence electrons. The van der Waals surface area contributed by atoms with Crippen molar-refractivity contribution in [1.29, 1.82) is 5.26 Å². The number of anilines is 2. The average Bonchev–Trinajstić information content (AvgIpc) is 2.79. The molecule has 0 unspecified atom stereocenters. The van der Waals surface area contributed by atoms with Crippen molar-refractivity contribution < 1.29 is 9.53 Å². The third kappa shape index (κ3) is 3.71. The Balaban J connectivity index is 1.62. The van der Waals surface area contributed by atoms with E-state index >= 15 is 0 Å². The Kier molecular flexibility index (Phi) is 5.60. The van der Waals surface area contributed by atoms with Crippen LogP contribution in [0.5, 0.6) is 5.75 Å². The van der Waals surface area contributed by atoms with Crippen LogP contribution in [0.4, 0.5) is 11.4 Å². The van der Waals surface area contributed by atoms with Gasteiger partial charge in [0.25, 0.3) is 0 Å². The average molecular weight is 421 g/mol. The van der Waals surface area contributed by atoms with E-state index in [1.54, 1.807) is 23.8 Å². The lowest BCUT2D eigenvalue weighted by Crippen LogP contribution is -2.47. The van der Waals surface area contributed by atoms with Gasteiger partial charge in [-0.25, -0.2) is 0 Å². The minimum Gasteiger partial charge on any atom is -0.497 e. The van der Waals surface area contributed by atoms with Crippen molar-refractivity contribution in [1.82, 2.24) is 4.90 Å². The first kappa shape index (κ1) is 20.2. The second-order valence-electron chi connectivity index (χ2n) is 7.55. The smallest absolute Gasteiger partial charge is 0.229 e. The van der Waals surface area contributed by atoms with E-state index < -0.39 is 0 Å². The minimum atomic E-state index is -0.234. The lowest BCUT2D eigenvalue weighted by molar-refractivity contribution is -0.129. The van der Waals surface area contributed by atoms with Crippen molar-refractivity contribution in [2.24, 2.45) is 0 Å². The van der Waals surface area contributed by atoms with Crippen LogP contribution < -0.4 is 14.5 Å². The molecule has 2 heterocycles. The van der Waals surface area contributed by atoms with Crippen LogP contribution in [0, 0.1) is 11.3 Å². The topological polar surface area (TPSA) is 59.8 Å². The Morgan fingerprint density at radius 3 is 2.63 bits per heavy atom. The van der Waals surface area contributed by atoms with E-state index in [0.29, 0.717) is 18.1 Å². The Labute approximate surface area is 181 Å². The summed E-state index contributed by atoms with van der Waals surface area (Å²) in [7, 11) is 5.64. The van der Waals surface area contributed by atoms with E-state index in [-0.39, 0.29) is 18.2 Å². The third-order valence-electron chi connectivity index (χ3n) is 5.52. The van der Waals surface area contributed by atoms with Crippen LogP contribution in [-0.2, 0) is 4.79 Å². The van der Waals surface area contributed by atoms with E-state index in [0.717, 1.165) is 27.7 Å². The van der Waals surface area contributed by atoms with Crippen molar-refractivity contribution >= 4 is 29.0 Å². The number of rotatable bonds is 4. The maximum absolute atomic E-state index is 13.1. The van der Waals surface area contributed by atoms with Gasteiger partial charge in [0.05, 0.1) is 36.3 Å². The number of hydrogen-bond acceptors (Lipinski definition) is 6. The Morgan fingerprint density at radius 2 is 1.97 bits per heavy atom. The molecule has 1 saturated heterocycles. The van der Waals surface area contributed by atoms with Crippen molar-refractivity contribution in [2.75, 3.05) is 43.6 Å². The van der Waals surface area contributed by atoms with Gasteiger partial charge in [0.15, 0.2) is 0 Å². The number of nitrogens with zero attached hydrogens (tertiary/aromatic N) is 4. The van der Waals surface area contributed by atoms with Crippen molar-refractivity contribution in [3.05, 3.63) is 64.7 Å². The first-order valence-electron chi connectivity index (χ1n) is 9.75. The molecule has 2 aromatic rings. The zero-order valence-electron chi connectivity index (χ0n) is 17.3. The largest absolute Gasteiger partial charge is 0.497 e. The maximum atomic E-state index is 13.1. The van der Waals surface area contributed by atoms with Crippen LogP contribution in [0.15, 0.2) is 59.1 Å². The normalized spacial score (nSPS) is 18.7. The molecule has 0 radical (unpaired) electrons. The summed E-state index contributed by atoms with van der Waals surface area (Å²) in [6.45, 7) is 0.457. The fourth-order valence-electron chi connectivity index (χ4n) is 3.83. The lowest BCUT2D eigenvalue weighted by Gasteiger charge is -2.42. The SMILES string of the molecule is COc1cccc([C@@H]2CC(=O)N3CN(c4ccc(N(C)C)cc4)CSC3=C2C#N)c1. The molecule has 0 aromatic heterocycles. The molecule has 1 amide bonds. The molecule has 6 nitrogen and oxygen atoms in total. The molecule has 0 bridgehead atoms. The van der Waals surface area contributed by atoms with Gasteiger partial charge in [-0.3, -0.25) is 9.69 Å². The molecule has 2 aliphatic rings. The number of allylic oxidation sites excluding steroid dienone is 1. The number of carbonyl (C=O) groups excluding carboxylic acids is 1. The van der Waals surface area contributed by atoms with Crippen LogP contribution in [0.2, 0.25) is 0 Å². The monoisotopic (exact) mass is 420 g/mol. The van der Waals surface area contributed by atoms with E-state index in [1.807, 2.05) is 38.4 Å². The predicted octanol–water partition coefficient (Wildman–Crippen LogP) is 3.98. The van der Waals surface area contributed by atoms with Gasteiger partial charge in [0.2, 0.25) is 5.91 Å². The minimum absolute atomic E-state index is 0.0407. The zero-order valence-corrected chi connectivity index (χ0v) is 18.1. The van der Waals surface area contributed by atoms with E-state index in [4.69, 9.17) is 4.74 Å². The Bertz CT molecular complexity index is 1030. The summed E-state index contributed by atoms with van der Waals surface area (Å²) in [6.07, 6.45) is 0.285. The van der Waals surface area contributed by atoms with E-state index in [2.05, 4.69) is 40.1 Å². The molecule has 1 atom stereocenters. The predicted molar refractivity (Wildman–Crippen MR) is 120 cm³/mol. The molecule has 0 spiro atoms. The van der Waals surface area contributed by atoms with Crippen LogP contribution in [-0.4, -0.2) is 44.6 Å². The maximum Gasteiger partial charge on any atom is 0.229 e. The van der Waals surface area contributed by atoms with Gasteiger partial charge < -0.3 is 14.5 Å². The molecular weight excluding hydrogens is 396 g/mol. The Hall–Kier alpha value is -3.11. The first-order valence-corrected chi connectivity index (χ1v) is 10.7. The highest BCUT2D eigenvalue weighted by Gasteiger charge is 2.38. The third-order valence-corrected chi connectivity index (χ3v) is 6.68. The number of methoxy groups -OCH3 is 1. The number of nitriles is 1. The second-order valence-corrected chi connectivity index (χ2v) is 8.48. The van der Waals surface area contributed by atoms with Gasteiger partial charge in [-0.2, -0.15) is 5.26 Å². The van der Waals surface area contributed by atoms with Gasteiger partial charge in [-0.1, -0.05) is 23.9 Å². The molecule has 30 heavy (non-hydrogen) atoms. The number of ether oxygens (including phenoxy) is 1. The molecule has 0 aliphatic carbocycles. The summed E-state index contributed by atoms with van der Waals surface area (Å²) < 4.78 is 5.32. The lowest BCUT2D eigenvalue weighted by atomic mass is 9.86. The van der Waals surface area contributed by atoms with Crippen LogP contribution in [0.1, 0.15) is 17.9 Å². The number of thioether (sulfide) groups is 1. The summed E-state index contributed by atoms with van der Waals surface area (Å²) in [4.78, 5) is 19.0. The molecule has 1 fully saturated rings. The summed E-state index contributed by atoms with van der Waals surface area (Å²) in [5, 5.41) is 10.7. The van der Waals surface area contributed by atoms with E-state index in [9.17, 15) is 10.1 Å². The van der Waals surface area contributed by atoms with Crippen LogP contribution >= 0.6 is 11.8 Å². The highest BCUT2D eigenvalue weighted by Crippen LogP contribution is 2.43. The highest BCUT2D eigenvalue weighted by atomic mass is 32.2. The number of hydrogen-bond donors (Lipinski definition) is 0.